The summed E-state index contributed by atoms with van der Waals surface area (Å²) in [4.78, 5) is 2.25. The third-order valence-electron chi connectivity index (χ3n) is 2.94. The molecule has 0 amide bonds. The Bertz CT molecular complexity index is 463. The van der Waals surface area contributed by atoms with Crippen molar-refractivity contribution in [2.75, 3.05) is 41.0 Å². The Morgan fingerprint density at radius 3 is 2.75 bits per heavy atom. The Morgan fingerprint density at radius 1 is 1.30 bits per heavy atom. The third kappa shape index (κ3) is 5.62. The van der Waals surface area contributed by atoms with E-state index in [1.165, 1.54) is 0 Å². The molecule has 0 atom stereocenters. The molecule has 0 aliphatic rings. The van der Waals surface area contributed by atoms with Crippen molar-refractivity contribution in [3.8, 4) is 17.6 Å². The highest BCUT2D eigenvalue weighted by atomic mass is 16.5. The molecule has 2 N–H and O–H groups in total. The predicted octanol–water partition coefficient (Wildman–Crippen LogP) is 1.47. The third-order valence-corrected chi connectivity index (χ3v) is 2.94. The van der Waals surface area contributed by atoms with Crippen LogP contribution in [0.4, 0.5) is 0 Å². The van der Waals surface area contributed by atoms with Crippen LogP contribution in [0.25, 0.3) is 0 Å². The molecule has 0 aliphatic heterocycles. The molecule has 0 radical (unpaired) electrons. The first-order valence-electron chi connectivity index (χ1n) is 6.74. The maximum absolute atomic E-state index is 5.41. The second-order valence-corrected chi connectivity index (χ2v) is 4.62. The number of hydrogen-bond donors (Lipinski definition) is 1. The van der Waals surface area contributed by atoms with Gasteiger partial charge in [-0.1, -0.05) is 11.8 Å². The molecule has 20 heavy (non-hydrogen) atoms. The molecule has 0 unspecified atom stereocenters. The van der Waals surface area contributed by atoms with Crippen LogP contribution in [0.3, 0.4) is 0 Å². The van der Waals surface area contributed by atoms with Gasteiger partial charge in [-0.3, -0.25) is 0 Å². The van der Waals surface area contributed by atoms with Crippen LogP contribution in [0.5, 0.6) is 5.75 Å². The highest BCUT2D eigenvalue weighted by Gasteiger charge is 2.07. The molecule has 0 heterocycles. The van der Waals surface area contributed by atoms with Gasteiger partial charge in [0, 0.05) is 37.9 Å². The molecule has 110 valence electrons. The van der Waals surface area contributed by atoms with E-state index in [0.29, 0.717) is 6.54 Å². The zero-order valence-corrected chi connectivity index (χ0v) is 12.6. The second kappa shape index (κ2) is 9.38. The van der Waals surface area contributed by atoms with Crippen LogP contribution in [0, 0.1) is 11.8 Å². The second-order valence-electron chi connectivity index (χ2n) is 4.62. The monoisotopic (exact) mass is 276 g/mol. The lowest BCUT2D eigenvalue weighted by Gasteiger charge is -2.18. The highest BCUT2D eigenvalue weighted by molar-refractivity contribution is 5.44. The van der Waals surface area contributed by atoms with Gasteiger partial charge in [0.15, 0.2) is 0 Å². The van der Waals surface area contributed by atoms with Crippen LogP contribution >= 0.6 is 0 Å². The lowest BCUT2D eigenvalue weighted by atomic mass is 10.1. The zero-order chi connectivity index (χ0) is 14.8. The zero-order valence-electron chi connectivity index (χ0n) is 12.6. The Morgan fingerprint density at radius 2 is 2.10 bits per heavy atom. The minimum absolute atomic E-state index is 0.373. The highest BCUT2D eigenvalue weighted by Crippen LogP contribution is 2.21. The molecule has 4 nitrogen and oxygen atoms in total. The SMILES string of the molecule is COCCCN(C)Cc1cc(C#CCN)ccc1OC. The summed E-state index contributed by atoms with van der Waals surface area (Å²) in [5.41, 5.74) is 7.51. The fourth-order valence-corrected chi connectivity index (χ4v) is 1.98. The topological polar surface area (TPSA) is 47.7 Å². The van der Waals surface area contributed by atoms with Gasteiger partial charge in [-0.25, -0.2) is 0 Å². The van der Waals surface area contributed by atoms with Crippen LogP contribution in [0.1, 0.15) is 17.5 Å². The average molecular weight is 276 g/mol. The normalized spacial score (nSPS) is 10.2. The summed E-state index contributed by atoms with van der Waals surface area (Å²) in [7, 11) is 5.50. The maximum atomic E-state index is 5.41. The van der Waals surface area contributed by atoms with Crippen LogP contribution in [-0.4, -0.2) is 45.9 Å². The van der Waals surface area contributed by atoms with Gasteiger partial charge >= 0.3 is 0 Å². The largest absolute Gasteiger partial charge is 0.496 e. The molecule has 1 rings (SSSR count). The Kier molecular flexibility index (Phi) is 7.74. The van der Waals surface area contributed by atoms with Crippen molar-refractivity contribution in [3.63, 3.8) is 0 Å². The molecule has 0 spiro atoms. The van der Waals surface area contributed by atoms with E-state index in [4.69, 9.17) is 15.2 Å². The predicted molar refractivity (Wildman–Crippen MR) is 81.8 cm³/mol. The molecule has 0 saturated heterocycles. The minimum atomic E-state index is 0.373. The van der Waals surface area contributed by atoms with E-state index >= 15 is 0 Å². The van der Waals surface area contributed by atoms with Gasteiger partial charge in [0.25, 0.3) is 0 Å². The fourth-order valence-electron chi connectivity index (χ4n) is 1.98. The van der Waals surface area contributed by atoms with E-state index in [0.717, 1.165) is 43.0 Å². The van der Waals surface area contributed by atoms with Gasteiger partial charge in [-0.2, -0.15) is 0 Å². The van der Waals surface area contributed by atoms with Crippen molar-refractivity contribution in [3.05, 3.63) is 29.3 Å². The van der Waals surface area contributed by atoms with Crippen molar-refractivity contribution in [1.82, 2.24) is 4.90 Å². The summed E-state index contributed by atoms with van der Waals surface area (Å²) in [6.07, 6.45) is 1.02. The van der Waals surface area contributed by atoms with E-state index < -0.39 is 0 Å². The molecular formula is C16H24N2O2. The van der Waals surface area contributed by atoms with Crippen LogP contribution < -0.4 is 10.5 Å². The number of ether oxygens (including phenoxy) is 2. The number of rotatable bonds is 7. The molecular weight excluding hydrogens is 252 g/mol. The van der Waals surface area contributed by atoms with Crippen LogP contribution in [0.2, 0.25) is 0 Å². The lowest BCUT2D eigenvalue weighted by molar-refractivity contribution is 0.178. The smallest absolute Gasteiger partial charge is 0.123 e. The quantitative estimate of drug-likeness (QED) is 0.605. The number of nitrogens with zero attached hydrogens (tertiary/aromatic N) is 1. The van der Waals surface area contributed by atoms with Crippen LogP contribution in [-0.2, 0) is 11.3 Å². The maximum Gasteiger partial charge on any atom is 0.123 e. The van der Waals surface area contributed by atoms with Gasteiger partial charge in [0.2, 0.25) is 0 Å². The molecule has 0 bridgehead atoms. The van der Waals surface area contributed by atoms with Crippen molar-refractivity contribution in [2.24, 2.45) is 5.73 Å². The molecule has 1 aromatic rings. The van der Waals surface area contributed by atoms with E-state index in [-0.39, 0.29) is 0 Å². The Labute approximate surface area is 121 Å². The van der Waals surface area contributed by atoms with E-state index in [1.54, 1.807) is 14.2 Å². The van der Waals surface area contributed by atoms with Crippen molar-refractivity contribution < 1.29 is 9.47 Å². The fraction of sp³-hybridized carbons (Fsp3) is 0.500. The summed E-state index contributed by atoms with van der Waals surface area (Å²) >= 11 is 0. The minimum Gasteiger partial charge on any atom is -0.496 e. The van der Waals surface area contributed by atoms with Gasteiger partial charge in [0.05, 0.1) is 13.7 Å². The number of hydrogen-bond acceptors (Lipinski definition) is 4. The standard InChI is InChI=1S/C16H24N2O2/c1-18(10-5-11-19-2)13-15-12-14(6-4-9-17)7-8-16(15)20-3/h7-8,12H,5,9-11,13,17H2,1-3H3. The van der Waals surface area contributed by atoms with Gasteiger partial charge in [-0.05, 0) is 31.7 Å². The first-order valence-corrected chi connectivity index (χ1v) is 6.74. The number of benzene rings is 1. The molecule has 1 aromatic carbocycles. The van der Waals surface area contributed by atoms with E-state index in [1.807, 2.05) is 12.1 Å². The number of nitrogens with two attached hydrogens (primary N) is 1. The van der Waals surface area contributed by atoms with Crippen molar-refractivity contribution in [1.29, 1.82) is 0 Å². The van der Waals surface area contributed by atoms with E-state index in [2.05, 4.69) is 29.9 Å². The first-order chi connectivity index (χ1) is 9.71. The average Bonchev–Trinajstić information content (AvgIpc) is 2.45. The van der Waals surface area contributed by atoms with Gasteiger partial charge < -0.3 is 20.1 Å². The number of methoxy groups -OCH3 is 2. The molecule has 0 saturated carbocycles. The van der Waals surface area contributed by atoms with Gasteiger partial charge in [0.1, 0.15) is 5.75 Å². The summed E-state index contributed by atoms with van der Waals surface area (Å²) in [6.45, 7) is 2.96. The van der Waals surface area contributed by atoms with Gasteiger partial charge in [-0.15, -0.1) is 0 Å². The summed E-state index contributed by atoms with van der Waals surface area (Å²) in [5.74, 6) is 6.81. The molecule has 0 fully saturated rings. The van der Waals surface area contributed by atoms with Crippen LogP contribution in [0.15, 0.2) is 18.2 Å². The molecule has 0 aliphatic carbocycles. The van der Waals surface area contributed by atoms with E-state index in [9.17, 15) is 0 Å². The summed E-state index contributed by atoms with van der Waals surface area (Å²) in [6, 6.07) is 5.98. The Balaban J connectivity index is 2.74. The van der Waals surface area contributed by atoms with Crippen molar-refractivity contribution >= 4 is 0 Å². The lowest BCUT2D eigenvalue weighted by Crippen LogP contribution is -2.20. The van der Waals surface area contributed by atoms with Crippen molar-refractivity contribution in [2.45, 2.75) is 13.0 Å². The summed E-state index contributed by atoms with van der Waals surface area (Å²) in [5, 5.41) is 0. The molecule has 0 aromatic heterocycles. The summed E-state index contributed by atoms with van der Waals surface area (Å²) < 4.78 is 10.5. The Hall–Kier alpha value is -1.54. The first kappa shape index (κ1) is 16.5. The molecule has 4 heteroatoms.